The smallest absolute Gasteiger partial charge is 0.128 e. The molecule has 0 radical (unpaired) electrons. The normalized spacial score (nSPS) is 11.7. The number of hydrogen-bond donors (Lipinski definition) is 1. The number of nitrogens with two attached hydrogens (primary N) is 1. The van der Waals surface area contributed by atoms with E-state index in [1.165, 1.54) is 21.5 Å². The van der Waals surface area contributed by atoms with Crippen molar-refractivity contribution >= 4 is 27.8 Å². The van der Waals surface area contributed by atoms with E-state index >= 15 is 0 Å². The molecule has 2 N–H and O–H groups in total. The van der Waals surface area contributed by atoms with Gasteiger partial charge >= 0.3 is 0 Å². The summed E-state index contributed by atoms with van der Waals surface area (Å²) in [6.45, 7) is 0.330. The zero-order chi connectivity index (χ0) is 18.7. The second kappa shape index (κ2) is 7.34. The fraction of sp³-hybridized carbons (Fsp3) is 0.160. The molecular weight excluding hydrogens is 330 g/mol. The molecule has 4 aromatic rings. The SMILES string of the molecule is NCC(C=O)(Cc1ccc2ccccc2c1)Cc1ccc2ccccc2c1. The van der Waals surface area contributed by atoms with E-state index in [1.807, 2.05) is 24.3 Å². The number of benzene rings is 4. The van der Waals surface area contributed by atoms with Crippen molar-refractivity contribution in [1.29, 1.82) is 0 Å². The minimum Gasteiger partial charge on any atom is -0.329 e. The van der Waals surface area contributed by atoms with Gasteiger partial charge in [-0.2, -0.15) is 0 Å². The lowest BCUT2D eigenvalue weighted by molar-refractivity contribution is -0.115. The number of hydrogen-bond acceptors (Lipinski definition) is 2. The van der Waals surface area contributed by atoms with E-state index < -0.39 is 5.41 Å². The first-order valence-corrected chi connectivity index (χ1v) is 9.33. The molecule has 0 atom stereocenters. The van der Waals surface area contributed by atoms with Crippen LogP contribution in [0.4, 0.5) is 0 Å². The summed E-state index contributed by atoms with van der Waals surface area (Å²) in [4.78, 5) is 12.1. The Kier molecular flexibility index (Phi) is 4.74. The van der Waals surface area contributed by atoms with Crippen LogP contribution in [0.1, 0.15) is 11.1 Å². The Morgan fingerprint density at radius 3 is 1.52 bits per heavy atom. The van der Waals surface area contributed by atoms with Crippen LogP contribution in [-0.4, -0.2) is 12.8 Å². The van der Waals surface area contributed by atoms with Gasteiger partial charge in [-0.15, -0.1) is 0 Å². The minimum absolute atomic E-state index is 0.330. The third kappa shape index (κ3) is 3.62. The van der Waals surface area contributed by atoms with Crippen molar-refractivity contribution in [2.75, 3.05) is 6.54 Å². The van der Waals surface area contributed by atoms with Gasteiger partial charge in [0.2, 0.25) is 0 Å². The summed E-state index contributed by atoms with van der Waals surface area (Å²) in [5.41, 5.74) is 7.81. The van der Waals surface area contributed by atoms with Gasteiger partial charge in [0.05, 0.1) is 0 Å². The molecule has 0 fully saturated rings. The lowest BCUT2D eigenvalue weighted by atomic mass is 9.77. The van der Waals surface area contributed by atoms with Gasteiger partial charge in [-0.05, 0) is 45.5 Å². The third-order valence-electron chi connectivity index (χ3n) is 5.40. The van der Waals surface area contributed by atoms with Gasteiger partial charge in [0.15, 0.2) is 0 Å². The fourth-order valence-corrected chi connectivity index (χ4v) is 3.85. The maximum Gasteiger partial charge on any atom is 0.128 e. The second-order valence-corrected chi connectivity index (χ2v) is 7.40. The largest absolute Gasteiger partial charge is 0.329 e. The van der Waals surface area contributed by atoms with Gasteiger partial charge in [-0.25, -0.2) is 0 Å². The van der Waals surface area contributed by atoms with E-state index in [4.69, 9.17) is 5.73 Å². The number of fused-ring (bicyclic) bond motifs is 2. The summed E-state index contributed by atoms with van der Waals surface area (Å²) in [5.74, 6) is 0. The van der Waals surface area contributed by atoms with Crippen LogP contribution < -0.4 is 5.73 Å². The molecule has 0 unspecified atom stereocenters. The molecule has 0 saturated carbocycles. The lowest BCUT2D eigenvalue weighted by Gasteiger charge is -2.27. The minimum atomic E-state index is -0.592. The monoisotopic (exact) mass is 353 g/mol. The fourth-order valence-electron chi connectivity index (χ4n) is 3.85. The Balaban J connectivity index is 1.65. The Hall–Kier alpha value is -2.97. The van der Waals surface area contributed by atoms with E-state index in [0.717, 1.165) is 17.4 Å². The quantitative estimate of drug-likeness (QED) is 0.500. The summed E-state index contributed by atoms with van der Waals surface area (Å²) < 4.78 is 0. The molecule has 0 aliphatic rings. The van der Waals surface area contributed by atoms with Crippen molar-refractivity contribution in [2.45, 2.75) is 12.8 Å². The third-order valence-corrected chi connectivity index (χ3v) is 5.40. The molecule has 0 heterocycles. The average Bonchev–Trinajstić information content (AvgIpc) is 2.73. The van der Waals surface area contributed by atoms with Crippen LogP contribution in [0.2, 0.25) is 0 Å². The van der Waals surface area contributed by atoms with Crippen molar-refractivity contribution in [3.63, 3.8) is 0 Å². The van der Waals surface area contributed by atoms with E-state index in [9.17, 15) is 4.79 Å². The molecule has 134 valence electrons. The molecule has 4 aromatic carbocycles. The highest BCUT2D eigenvalue weighted by Gasteiger charge is 2.29. The lowest BCUT2D eigenvalue weighted by Crippen LogP contribution is -2.36. The molecule has 0 spiro atoms. The van der Waals surface area contributed by atoms with Gasteiger partial charge in [-0.3, -0.25) is 0 Å². The van der Waals surface area contributed by atoms with Crippen LogP contribution in [0.15, 0.2) is 84.9 Å². The molecule has 0 aromatic heterocycles. The predicted molar refractivity (Wildman–Crippen MR) is 113 cm³/mol. The highest BCUT2D eigenvalue weighted by Crippen LogP contribution is 2.28. The Labute approximate surface area is 159 Å². The van der Waals surface area contributed by atoms with Gasteiger partial charge in [0.25, 0.3) is 0 Å². The number of carbonyl (C=O) groups is 1. The van der Waals surface area contributed by atoms with E-state index in [-0.39, 0.29) is 0 Å². The molecule has 0 amide bonds. The molecule has 2 heteroatoms. The zero-order valence-electron chi connectivity index (χ0n) is 15.3. The van der Waals surface area contributed by atoms with Gasteiger partial charge < -0.3 is 10.5 Å². The van der Waals surface area contributed by atoms with Crippen molar-refractivity contribution in [1.82, 2.24) is 0 Å². The molecule has 0 aliphatic carbocycles. The standard InChI is InChI=1S/C25H23NO/c26-17-25(18-27,15-19-9-11-21-5-1-3-7-23(21)13-19)16-20-10-12-22-6-2-4-8-24(22)14-20/h1-14,18H,15-17,26H2. The molecule has 0 aliphatic heterocycles. The maximum absolute atomic E-state index is 12.1. The average molecular weight is 353 g/mol. The summed E-state index contributed by atoms with van der Waals surface area (Å²) in [7, 11) is 0. The molecule has 2 nitrogen and oxygen atoms in total. The molecule has 0 saturated heterocycles. The predicted octanol–water partition coefficient (Wildman–Crippen LogP) is 4.92. The number of carbonyl (C=O) groups excluding carboxylic acids is 1. The van der Waals surface area contributed by atoms with E-state index in [0.29, 0.717) is 19.4 Å². The van der Waals surface area contributed by atoms with Gasteiger partial charge in [0.1, 0.15) is 6.29 Å². The summed E-state index contributed by atoms with van der Waals surface area (Å²) in [6, 6.07) is 29.4. The molecule has 4 rings (SSSR count). The summed E-state index contributed by atoms with van der Waals surface area (Å²) in [6.07, 6.45) is 2.34. The van der Waals surface area contributed by atoms with Crippen LogP contribution in [-0.2, 0) is 17.6 Å². The zero-order valence-corrected chi connectivity index (χ0v) is 15.3. The summed E-state index contributed by atoms with van der Waals surface area (Å²) >= 11 is 0. The van der Waals surface area contributed by atoms with Crippen molar-refractivity contribution in [2.24, 2.45) is 11.1 Å². The molecule has 27 heavy (non-hydrogen) atoms. The Morgan fingerprint density at radius 2 is 1.11 bits per heavy atom. The highest BCUT2D eigenvalue weighted by molar-refractivity contribution is 5.84. The maximum atomic E-state index is 12.1. The Morgan fingerprint density at radius 1 is 0.667 bits per heavy atom. The van der Waals surface area contributed by atoms with Crippen LogP contribution in [0.3, 0.4) is 0 Å². The van der Waals surface area contributed by atoms with Crippen molar-refractivity contribution in [3.8, 4) is 0 Å². The van der Waals surface area contributed by atoms with Crippen LogP contribution in [0.25, 0.3) is 21.5 Å². The summed E-state index contributed by atoms with van der Waals surface area (Å²) in [5, 5.41) is 4.80. The molecular formula is C25H23NO. The first-order chi connectivity index (χ1) is 13.2. The van der Waals surface area contributed by atoms with Gasteiger partial charge in [0, 0.05) is 12.0 Å². The topological polar surface area (TPSA) is 43.1 Å². The Bertz CT molecular complexity index is 1020. The van der Waals surface area contributed by atoms with E-state index in [1.54, 1.807) is 0 Å². The van der Waals surface area contributed by atoms with Crippen LogP contribution >= 0.6 is 0 Å². The van der Waals surface area contributed by atoms with Crippen LogP contribution in [0, 0.1) is 5.41 Å². The van der Waals surface area contributed by atoms with Gasteiger partial charge in [-0.1, -0.05) is 84.9 Å². The molecule has 0 bridgehead atoms. The number of rotatable bonds is 6. The second-order valence-electron chi connectivity index (χ2n) is 7.40. The number of aldehydes is 1. The van der Waals surface area contributed by atoms with Crippen molar-refractivity contribution in [3.05, 3.63) is 96.1 Å². The van der Waals surface area contributed by atoms with Crippen LogP contribution in [0.5, 0.6) is 0 Å². The van der Waals surface area contributed by atoms with Crippen molar-refractivity contribution < 1.29 is 4.79 Å². The first-order valence-electron chi connectivity index (χ1n) is 9.33. The van der Waals surface area contributed by atoms with E-state index in [2.05, 4.69) is 60.7 Å². The first kappa shape index (κ1) is 17.4. The highest BCUT2D eigenvalue weighted by atomic mass is 16.1.